The quantitative estimate of drug-likeness (QED) is 0.155. The fraction of sp³-hybridized carbons (Fsp3) is 0.115. The van der Waals surface area contributed by atoms with Crippen molar-refractivity contribution in [3.63, 3.8) is 0 Å². The maximum Gasteiger partial charge on any atom is 0.164 e. The van der Waals surface area contributed by atoms with E-state index in [1.165, 1.54) is 38.9 Å². The van der Waals surface area contributed by atoms with Crippen LogP contribution in [0.15, 0.2) is 314 Å². The minimum Gasteiger partial charge on any atom is -0.456 e. The number of hydrogen-bond donors (Lipinski definition) is 0. The van der Waals surface area contributed by atoms with E-state index in [9.17, 15) is 5.26 Å². The summed E-state index contributed by atoms with van der Waals surface area (Å²) in [6, 6.07) is 88.5. The Kier molecular flexibility index (Phi) is 14.7. The van der Waals surface area contributed by atoms with Gasteiger partial charge in [-0.25, -0.2) is 29.9 Å². The van der Waals surface area contributed by atoms with Gasteiger partial charge in [0.25, 0.3) is 0 Å². The summed E-state index contributed by atoms with van der Waals surface area (Å²) in [6.45, 7) is 8.68. The first kappa shape index (κ1) is 58.3. The Morgan fingerprint density at radius 1 is 0.432 bits per heavy atom. The predicted molar refractivity (Wildman–Crippen MR) is 381 cm³/mol. The Morgan fingerprint density at radius 3 is 1.54 bits per heavy atom. The zero-order chi connectivity index (χ0) is 64.1. The van der Waals surface area contributed by atoms with E-state index < -0.39 is 10.8 Å². The van der Waals surface area contributed by atoms with Gasteiger partial charge in [0, 0.05) is 50.3 Å². The third-order valence-corrected chi connectivity index (χ3v) is 20.0. The second-order valence-electron chi connectivity index (χ2n) is 24.7. The molecule has 13 aromatic rings. The average Bonchev–Trinajstić information content (AvgIpc) is 0.774. The van der Waals surface area contributed by atoms with Gasteiger partial charge in [0.15, 0.2) is 29.1 Å². The molecule has 8 nitrogen and oxygen atoms in total. The number of allylic oxidation sites excluding steroid dienone is 9. The Hall–Kier alpha value is -11.8. The summed E-state index contributed by atoms with van der Waals surface area (Å²) < 4.78 is 6.37. The predicted octanol–water partition coefficient (Wildman–Crippen LogP) is 20.4. The van der Waals surface area contributed by atoms with Crippen LogP contribution in [0.3, 0.4) is 0 Å². The molecule has 1 unspecified atom stereocenters. The van der Waals surface area contributed by atoms with Crippen LogP contribution in [0.5, 0.6) is 0 Å². The van der Waals surface area contributed by atoms with Gasteiger partial charge in [0.1, 0.15) is 22.4 Å². The summed E-state index contributed by atoms with van der Waals surface area (Å²) in [5, 5.41) is 11.4. The molecule has 0 radical (unpaired) electrons. The summed E-state index contributed by atoms with van der Waals surface area (Å²) in [7, 11) is 0. The Bertz CT molecular complexity index is 5210. The number of nitrogens with zero attached hydrogens (tertiary/aromatic N) is 7. The molecule has 4 bridgehead atoms. The molecule has 3 aromatic heterocycles. The van der Waals surface area contributed by atoms with Gasteiger partial charge in [-0.05, 0) is 117 Å². The Labute approximate surface area is 553 Å². The molecule has 454 valence electrons. The molecule has 3 heterocycles. The van der Waals surface area contributed by atoms with E-state index in [1.807, 2.05) is 86.6 Å². The molecule has 6 aliphatic carbocycles. The van der Waals surface area contributed by atoms with Crippen molar-refractivity contribution in [1.29, 1.82) is 5.26 Å². The van der Waals surface area contributed by atoms with E-state index in [1.54, 1.807) is 12.1 Å². The average molecular weight is 1220 g/mol. The van der Waals surface area contributed by atoms with E-state index in [0.29, 0.717) is 40.6 Å². The molecule has 19 rings (SSSR count). The van der Waals surface area contributed by atoms with Crippen LogP contribution in [0.4, 0.5) is 0 Å². The fourth-order valence-corrected chi connectivity index (χ4v) is 15.9. The van der Waals surface area contributed by atoms with Crippen LogP contribution < -0.4 is 0 Å². The zero-order valence-corrected chi connectivity index (χ0v) is 52.8. The molecule has 1 spiro atoms. The number of hydrogen-bond acceptors (Lipinski definition) is 8. The maximum absolute atomic E-state index is 9.37. The molecule has 0 aliphatic heterocycles. The normalized spacial score (nSPS) is 20.4. The van der Waals surface area contributed by atoms with Crippen molar-refractivity contribution < 1.29 is 4.42 Å². The Morgan fingerprint density at radius 2 is 0.916 bits per heavy atom. The molecule has 1 atom stereocenters. The van der Waals surface area contributed by atoms with E-state index >= 15 is 0 Å². The minimum absolute atomic E-state index is 0.208. The van der Waals surface area contributed by atoms with Gasteiger partial charge in [-0.1, -0.05) is 281 Å². The SMILES string of the molecule is C1=CCC2(C=C1)CC1c3ccccc3C2(c2nc(-c3ccc(-c4ccccc4)cc3)nc(-c3cccc4oc5ccccc5c34)n2)c2ccccc21.C=C1/C=C\C=C/CC2c3ccccc3C1(c1nc(-c3ccccc3)nc(-c3ccc(C#N)cc3)n1)c1ccccc12.CC. The van der Waals surface area contributed by atoms with Gasteiger partial charge in [-0.3, -0.25) is 0 Å². The van der Waals surface area contributed by atoms with E-state index in [0.717, 1.165) is 91.5 Å². The lowest BCUT2D eigenvalue weighted by molar-refractivity contribution is 0.177. The van der Waals surface area contributed by atoms with Crippen molar-refractivity contribution in [2.45, 2.75) is 55.8 Å². The van der Waals surface area contributed by atoms with Gasteiger partial charge in [-0.15, -0.1) is 0 Å². The molecule has 10 aromatic carbocycles. The number of fused-ring (bicyclic) bond motifs is 6. The smallest absolute Gasteiger partial charge is 0.164 e. The largest absolute Gasteiger partial charge is 0.456 e. The van der Waals surface area contributed by atoms with Crippen molar-refractivity contribution in [1.82, 2.24) is 29.9 Å². The molecule has 0 fully saturated rings. The summed E-state index contributed by atoms with van der Waals surface area (Å²) >= 11 is 0. The number of rotatable bonds is 7. The van der Waals surface area contributed by atoms with Crippen LogP contribution in [0, 0.1) is 16.7 Å². The molecule has 0 saturated heterocycles. The summed E-state index contributed by atoms with van der Waals surface area (Å²) in [4.78, 5) is 32.0. The summed E-state index contributed by atoms with van der Waals surface area (Å²) in [5.74, 6) is 4.36. The highest BCUT2D eigenvalue weighted by Gasteiger charge is 2.64. The van der Waals surface area contributed by atoms with Gasteiger partial charge in [-0.2, -0.15) is 5.26 Å². The lowest BCUT2D eigenvalue weighted by atomic mass is 9.42. The molecular formula is C87H65N7O. The number of nitriles is 1. The maximum atomic E-state index is 9.37. The minimum atomic E-state index is -0.834. The first-order valence-electron chi connectivity index (χ1n) is 32.8. The third-order valence-electron chi connectivity index (χ3n) is 20.0. The zero-order valence-electron chi connectivity index (χ0n) is 52.8. The molecule has 0 N–H and O–H groups in total. The van der Waals surface area contributed by atoms with Crippen LogP contribution in [-0.2, 0) is 10.8 Å². The second-order valence-corrected chi connectivity index (χ2v) is 24.7. The van der Waals surface area contributed by atoms with E-state index in [2.05, 4.69) is 225 Å². The van der Waals surface area contributed by atoms with Gasteiger partial charge < -0.3 is 4.42 Å². The van der Waals surface area contributed by atoms with Gasteiger partial charge >= 0.3 is 0 Å². The number of aromatic nitrogens is 6. The number of benzene rings is 10. The van der Waals surface area contributed by atoms with E-state index in [-0.39, 0.29) is 11.3 Å². The molecule has 0 amide bonds. The second kappa shape index (κ2) is 24.0. The number of para-hydroxylation sites is 1. The lowest BCUT2D eigenvalue weighted by Gasteiger charge is -2.59. The lowest BCUT2D eigenvalue weighted by Crippen LogP contribution is -2.56. The highest BCUT2D eigenvalue weighted by Crippen LogP contribution is 2.69. The van der Waals surface area contributed by atoms with Crippen molar-refractivity contribution in [3.05, 3.63) is 371 Å². The van der Waals surface area contributed by atoms with Crippen LogP contribution >= 0.6 is 0 Å². The number of furan rings is 1. The monoisotopic (exact) mass is 1220 g/mol. The van der Waals surface area contributed by atoms with Crippen LogP contribution in [-0.4, -0.2) is 29.9 Å². The van der Waals surface area contributed by atoms with E-state index in [4.69, 9.17) is 34.3 Å². The molecular weight excluding hydrogens is 1160 g/mol. The van der Waals surface area contributed by atoms with Crippen LogP contribution in [0.1, 0.15) is 107 Å². The first-order chi connectivity index (χ1) is 46.9. The topological polar surface area (TPSA) is 114 Å². The van der Waals surface area contributed by atoms with Gasteiger partial charge in [0.05, 0.1) is 17.0 Å². The van der Waals surface area contributed by atoms with Crippen LogP contribution in [0.25, 0.3) is 78.6 Å². The summed E-state index contributed by atoms with van der Waals surface area (Å²) in [5.41, 5.74) is 17.4. The highest BCUT2D eigenvalue weighted by molar-refractivity contribution is 6.11. The first-order valence-corrected chi connectivity index (χ1v) is 32.8. The van der Waals surface area contributed by atoms with Crippen molar-refractivity contribution in [2.24, 2.45) is 5.41 Å². The van der Waals surface area contributed by atoms with Crippen molar-refractivity contribution in [2.75, 3.05) is 0 Å². The standard InChI is InChI=1S/C48H33N3O.C37H26N4.C2H6/c1-3-14-31(15-4-1)32-24-26-33(27-25-32)44-49-45(37-19-13-23-42-43(37)36-18-7-10-22-41(36)52-42)51-46(50-44)48-39-20-8-5-16-34(39)38(35-17-6-9-21-40(35)48)30-47(48)28-11-2-12-29-47;1-25-12-4-2-7-15-29-30-16-8-10-18-32(30)37(25,33-19-11-9-17-31(29)33)36-40-34(27-13-5-3-6-14-27)39-35(41-36)28-22-20-26(24-38)21-23-28;1-2/h1-28,38H,29-30H2;2-14,16-23,29H,1,15H2;1-2H3/b;7-2-,12-4-;. The summed E-state index contributed by atoms with van der Waals surface area (Å²) in [6.07, 6.45) is 20.5. The van der Waals surface area contributed by atoms with Crippen molar-refractivity contribution >= 4 is 21.9 Å². The third kappa shape index (κ3) is 9.40. The Balaban J connectivity index is 0.000000150. The molecule has 6 aliphatic rings. The van der Waals surface area contributed by atoms with Gasteiger partial charge in [0.2, 0.25) is 0 Å². The van der Waals surface area contributed by atoms with Crippen molar-refractivity contribution in [3.8, 4) is 62.7 Å². The molecule has 95 heavy (non-hydrogen) atoms. The van der Waals surface area contributed by atoms with Crippen LogP contribution in [0.2, 0.25) is 0 Å². The molecule has 8 heteroatoms. The molecule has 0 saturated carbocycles. The highest BCUT2D eigenvalue weighted by atomic mass is 16.3. The fourth-order valence-electron chi connectivity index (χ4n) is 15.9.